The van der Waals surface area contributed by atoms with Crippen molar-refractivity contribution >= 4 is 27.6 Å². The highest BCUT2D eigenvalue weighted by Crippen LogP contribution is 2.69. The molecule has 5 aliphatic heterocycles. The van der Waals surface area contributed by atoms with Crippen LogP contribution in [0.4, 0.5) is 0 Å². The van der Waals surface area contributed by atoms with E-state index in [1.165, 1.54) is 43.3 Å². The third-order valence-electron chi connectivity index (χ3n) is 14.4. The van der Waals surface area contributed by atoms with Crippen molar-refractivity contribution in [3.05, 3.63) is 82.2 Å². The van der Waals surface area contributed by atoms with Gasteiger partial charge in [0.05, 0.1) is 32.3 Å². The summed E-state index contributed by atoms with van der Waals surface area (Å²) in [6.45, 7) is 2.47. The predicted octanol–water partition coefficient (Wildman–Crippen LogP) is 6.57. The summed E-state index contributed by atoms with van der Waals surface area (Å²) in [5, 5.41) is 34.3. The molecule has 3 aliphatic carbocycles. The summed E-state index contributed by atoms with van der Waals surface area (Å²) in [4.78, 5) is 15.5. The van der Waals surface area contributed by atoms with Crippen LogP contribution in [0.15, 0.2) is 76.7 Å². The molecule has 0 unspecified atom stereocenters. The van der Waals surface area contributed by atoms with Crippen LogP contribution in [0.2, 0.25) is 0 Å². The summed E-state index contributed by atoms with van der Waals surface area (Å²) >= 11 is 0. The Morgan fingerprint density at radius 2 is 1.90 bits per heavy atom. The van der Waals surface area contributed by atoms with Gasteiger partial charge in [0.2, 0.25) is 5.76 Å². The SMILES string of the molecule is COC1=C(CO)C(=O)OC1=C1OC2=CCCN3[C@@H]4[C@@H](O)[C@H]5C[C@H](C)CC=C5CSSC[C@@H]5CC[C@]6(C5)C[C@@H]4[C@@H](C[C@@H]3[C@@H]2[C@@H]1CO)[C@@H]6c1ccccc1. The molecule has 280 valence electrons. The van der Waals surface area contributed by atoms with E-state index in [4.69, 9.17) is 14.2 Å². The van der Waals surface area contributed by atoms with Crippen molar-refractivity contribution in [1.29, 1.82) is 0 Å². The molecule has 3 bridgehead atoms. The molecule has 9 rings (SSSR count). The first-order valence-corrected chi connectivity index (χ1v) is 22.1. The molecule has 0 amide bonds. The number of aliphatic hydroxyl groups excluding tert-OH is 3. The minimum Gasteiger partial charge on any atom is -0.492 e. The monoisotopic (exact) mass is 747 g/mol. The van der Waals surface area contributed by atoms with Gasteiger partial charge in [0.1, 0.15) is 11.3 Å². The first-order chi connectivity index (χ1) is 25.4. The Morgan fingerprint density at radius 3 is 2.69 bits per heavy atom. The van der Waals surface area contributed by atoms with E-state index in [9.17, 15) is 20.1 Å². The molecule has 3 saturated heterocycles. The minimum absolute atomic E-state index is 0.0131. The van der Waals surface area contributed by atoms with E-state index in [0.717, 1.165) is 50.2 Å². The lowest BCUT2D eigenvalue weighted by molar-refractivity contribution is -0.134. The Morgan fingerprint density at radius 1 is 1.06 bits per heavy atom. The van der Waals surface area contributed by atoms with Crippen LogP contribution in [0.3, 0.4) is 0 Å². The number of carbonyl (C=O) groups excluding carboxylic acids is 1. The second-order valence-corrected chi connectivity index (χ2v) is 19.5. The molecule has 5 heterocycles. The van der Waals surface area contributed by atoms with Gasteiger partial charge in [0.25, 0.3) is 0 Å². The minimum atomic E-state index is -0.652. The van der Waals surface area contributed by atoms with Gasteiger partial charge in [-0.1, -0.05) is 70.5 Å². The van der Waals surface area contributed by atoms with Gasteiger partial charge in [-0.05, 0) is 98.0 Å². The molecule has 52 heavy (non-hydrogen) atoms. The number of allylic oxidation sites excluding steroid dienone is 1. The van der Waals surface area contributed by atoms with Gasteiger partial charge in [0, 0.05) is 42.0 Å². The molecular formula is C42H53NO7S2. The number of esters is 1. The van der Waals surface area contributed by atoms with Crippen molar-refractivity contribution in [3.63, 3.8) is 0 Å². The predicted molar refractivity (Wildman–Crippen MR) is 202 cm³/mol. The molecular weight excluding hydrogens is 695 g/mol. The Labute approximate surface area is 315 Å². The maximum atomic E-state index is 13.1. The molecule has 0 aromatic heterocycles. The molecule has 12 atom stereocenters. The summed E-state index contributed by atoms with van der Waals surface area (Å²) < 4.78 is 18.0. The number of piperidine rings is 1. The van der Waals surface area contributed by atoms with Gasteiger partial charge in [-0.15, -0.1) is 0 Å². The molecule has 1 aromatic rings. The number of nitrogens with zero attached hydrogens (tertiary/aromatic N) is 1. The van der Waals surface area contributed by atoms with E-state index in [2.05, 4.69) is 65.1 Å². The summed E-state index contributed by atoms with van der Waals surface area (Å²) in [6, 6.07) is 11.3. The lowest BCUT2D eigenvalue weighted by Crippen LogP contribution is -2.62. The van der Waals surface area contributed by atoms with Gasteiger partial charge >= 0.3 is 5.97 Å². The lowest BCUT2D eigenvalue weighted by atomic mass is 9.65. The first-order valence-electron chi connectivity index (χ1n) is 19.6. The number of methoxy groups -OCH3 is 1. The molecule has 2 saturated carbocycles. The fourth-order valence-corrected chi connectivity index (χ4v) is 15.1. The molecule has 1 aromatic carbocycles. The van der Waals surface area contributed by atoms with E-state index in [-0.39, 0.29) is 53.0 Å². The van der Waals surface area contributed by atoms with E-state index < -0.39 is 24.6 Å². The molecule has 8 nitrogen and oxygen atoms in total. The highest BCUT2D eigenvalue weighted by atomic mass is 33.1. The molecule has 0 radical (unpaired) electrons. The summed E-state index contributed by atoms with van der Waals surface area (Å²) in [6.07, 6.45) is 12.9. The van der Waals surface area contributed by atoms with Crippen LogP contribution in [0.5, 0.6) is 0 Å². The van der Waals surface area contributed by atoms with E-state index in [1.54, 1.807) is 0 Å². The zero-order chi connectivity index (χ0) is 35.7. The highest BCUT2D eigenvalue weighted by Gasteiger charge is 2.64. The van der Waals surface area contributed by atoms with Crippen LogP contribution in [0.25, 0.3) is 0 Å². The van der Waals surface area contributed by atoms with Crippen molar-refractivity contribution in [2.24, 2.45) is 46.8 Å². The first kappa shape index (κ1) is 35.5. The Kier molecular flexibility index (Phi) is 9.65. The quantitative estimate of drug-likeness (QED) is 0.178. The van der Waals surface area contributed by atoms with Crippen LogP contribution in [-0.4, -0.2) is 82.8 Å². The van der Waals surface area contributed by atoms with Crippen molar-refractivity contribution in [2.75, 3.05) is 38.4 Å². The standard InChI is InChI=1S/C42H53NO7S2/c1-23-10-11-26-22-52-51-21-24-12-13-42(17-24)18-29-28(35(42)25-7-4-3-5-8-25)16-32-34-30(19-44)39(40-38(48-2)31(20-45)41(47)50-40)49-33(34)9-6-14-43(32)36(29)37(46)27(26)15-23/h3-5,7-9,11,23-24,27-30,32,34-37,44-46H,6,10,12-22H2,1-2H3/t23-,24-,27+,28-,29-,30+,32-,34+,35+,36+,37+,42+/m1/s1. The maximum Gasteiger partial charge on any atom is 0.345 e. The second kappa shape index (κ2) is 14.1. The average molecular weight is 748 g/mol. The Bertz CT molecular complexity index is 1690. The molecule has 1 spiro atoms. The van der Waals surface area contributed by atoms with E-state index in [1.807, 2.05) is 10.8 Å². The van der Waals surface area contributed by atoms with E-state index >= 15 is 0 Å². The number of rotatable bonds is 4. The van der Waals surface area contributed by atoms with Crippen LogP contribution < -0.4 is 0 Å². The number of cyclic esters (lactones) is 1. The summed E-state index contributed by atoms with van der Waals surface area (Å²) in [7, 11) is 5.52. The zero-order valence-corrected chi connectivity index (χ0v) is 32.0. The van der Waals surface area contributed by atoms with Crippen LogP contribution >= 0.6 is 21.6 Å². The van der Waals surface area contributed by atoms with E-state index in [0.29, 0.717) is 35.3 Å². The van der Waals surface area contributed by atoms with Crippen LogP contribution in [0, 0.1) is 46.8 Å². The zero-order valence-electron chi connectivity index (χ0n) is 30.3. The third kappa shape index (κ3) is 5.67. The molecule has 5 fully saturated rings. The smallest absolute Gasteiger partial charge is 0.345 e. The normalized spacial score (nSPS) is 43.1. The largest absolute Gasteiger partial charge is 0.492 e. The third-order valence-corrected chi connectivity index (χ3v) is 16.9. The topological polar surface area (TPSA) is 109 Å². The van der Waals surface area contributed by atoms with Gasteiger partial charge in [-0.25, -0.2) is 4.79 Å². The summed E-state index contributed by atoms with van der Waals surface area (Å²) in [5.74, 6) is 4.90. The van der Waals surface area contributed by atoms with Crippen LogP contribution in [0.1, 0.15) is 69.8 Å². The molecule has 10 heteroatoms. The van der Waals surface area contributed by atoms with Crippen molar-refractivity contribution in [2.45, 2.75) is 82.4 Å². The number of aliphatic hydroxyl groups is 3. The van der Waals surface area contributed by atoms with Gasteiger partial charge in [-0.3, -0.25) is 4.90 Å². The molecule has 3 N–H and O–H groups in total. The average Bonchev–Trinajstić information content (AvgIpc) is 3.87. The Balaban J connectivity index is 1.19. The van der Waals surface area contributed by atoms with Crippen molar-refractivity contribution in [3.8, 4) is 0 Å². The lowest BCUT2D eigenvalue weighted by Gasteiger charge is -2.54. The number of carbonyl (C=O) groups is 1. The number of benzene rings is 1. The Hall–Kier alpha value is -2.21. The maximum absolute atomic E-state index is 13.1. The van der Waals surface area contributed by atoms with Crippen LogP contribution in [-0.2, 0) is 19.0 Å². The number of hydrogen-bond donors (Lipinski definition) is 3. The fourth-order valence-electron chi connectivity index (χ4n) is 12.5. The highest BCUT2D eigenvalue weighted by molar-refractivity contribution is 8.76. The van der Waals surface area contributed by atoms with Gasteiger partial charge < -0.3 is 29.5 Å². The number of ether oxygens (including phenoxy) is 3. The fraction of sp³-hybridized carbons (Fsp3) is 0.643. The van der Waals surface area contributed by atoms with Crippen molar-refractivity contribution in [1.82, 2.24) is 4.90 Å². The van der Waals surface area contributed by atoms with Gasteiger partial charge in [-0.2, -0.15) is 0 Å². The van der Waals surface area contributed by atoms with Gasteiger partial charge in [0.15, 0.2) is 11.5 Å². The summed E-state index contributed by atoms with van der Waals surface area (Å²) in [5.41, 5.74) is 3.13. The number of fused-ring (bicyclic) bond motifs is 6. The molecule has 8 aliphatic rings. The number of hydrogen-bond acceptors (Lipinski definition) is 10. The van der Waals surface area contributed by atoms with Crippen molar-refractivity contribution < 1.29 is 34.3 Å². The second-order valence-electron chi connectivity index (χ2n) is 17.0.